The Morgan fingerprint density at radius 1 is 1.21 bits per heavy atom. The van der Waals surface area contributed by atoms with Crippen molar-refractivity contribution in [1.82, 2.24) is 5.32 Å². The minimum absolute atomic E-state index is 0.239. The molecule has 19 heavy (non-hydrogen) atoms. The van der Waals surface area contributed by atoms with Crippen molar-refractivity contribution >= 4 is 0 Å². The smallest absolute Gasteiger partial charge is 0.161 e. The third-order valence-electron chi connectivity index (χ3n) is 3.36. The first kappa shape index (κ1) is 14.2. The topological polar surface area (TPSA) is 56.5 Å². The highest BCUT2D eigenvalue weighted by molar-refractivity contribution is 5.43. The van der Waals surface area contributed by atoms with E-state index in [0.717, 1.165) is 37.6 Å². The zero-order valence-corrected chi connectivity index (χ0v) is 11.9. The number of fused-ring (bicyclic) bond motifs is 1. The second-order valence-electron chi connectivity index (χ2n) is 5.78. The predicted octanol–water partition coefficient (Wildman–Crippen LogP) is 1.92. The van der Waals surface area contributed by atoms with E-state index in [-0.39, 0.29) is 5.41 Å². The molecule has 0 atom stereocenters. The van der Waals surface area contributed by atoms with E-state index in [1.165, 1.54) is 5.56 Å². The quantitative estimate of drug-likeness (QED) is 0.824. The van der Waals surface area contributed by atoms with Gasteiger partial charge in [0.2, 0.25) is 0 Å². The summed E-state index contributed by atoms with van der Waals surface area (Å²) in [5, 5.41) is 3.48. The molecule has 0 bridgehead atoms. The van der Waals surface area contributed by atoms with E-state index >= 15 is 0 Å². The largest absolute Gasteiger partial charge is 0.486 e. The van der Waals surface area contributed by atoms with Crippen LogP contribution in [-0.4, -0.2) is 26.3 Å². The zero-order chi connectivity index (χ0) is 13.7. The molecule has 0 saturated heterocycles. The maximum absolute atomic E-state index is 5.62. The van der Waals surface area contributed by atoms with Gasteiger partial charge in [-0.1, -0.05) is 19.9 Å². The Morgan fingerprint density at radius 2 is 1.95 bits per heavy atom. The van der Waals surface area contributed by atoms with Crippen LogP contribution in [0.25, 0.3) is 0 Å². The molecule has 1 aliphatic rings. The van der Waals surface area contributed by atoms with Gasteiger partial charge in [-0.2, -0.15) is 0 Å². The molecule has 0 fully saturated rings. The van der Waals surface area contributed by atoms with Gasteiger partial charge >= 0.3 is 0 Å². The molecule has 0 radical (unpaired) electrons. The van der Waals surface area contributed by atoms with Crippen molar-refractivity contribution in [3.63, 3.8) is 0 Å². The summed E-state index contributed by atoms with van der Waals surface area (Å²) in [6, 6.07) is 6.12. The number of nitrogens with two attached hydrogens (primary N) is 1. The fraction of sp³-hybridized carbons (Fsp3) is 0.600. The summed E-state index contributed by atoms with van der Waals surface area (Å²) < 4.78 is 11.1. The molecule has 0 aliphatic carbocycles. The van der Waals surface area contributed by atoms with Gasteiger partial charge in [0.1, 0.15) is 13.2 Å². The molecule has 3 N–H and O–H groups in total. The molecule has 0 spiro atoms. The molecule has 1 aromatic rings. The fourth-order valence-electron chi connectivity index (χ4n) is 2.22. The van der Waals surface area contributed by atoms with Crippen molar-refractivity contribution in [2.45, 2.75) is 26.8 Å². The summed E-state index contributed by atoms with van der Waals surface area (Å²) in [6.45, 7) is 8.26. The van der Waals surface area contributed by atoms with Gasteiger partial charge in [-0.3, -0.25) is 0 Å². The summed E-state index contributed by atoms with van der Waals surface area (Å²) in [7, 11) is 0. The molecule has 1 aliphatic heterocycles. The summed E-state index contributed by atoms with van der Waals surface area (Å²) in [4.78, 5) is 0. The highest BCUT2D eigenvalue weighted by Gasteiger charge is 2.16. The summed E-state index contributed by atoms with van der Waals surface area (Å²) in [5.41, 5.74) is 7.07. The van der Waals surface area contributed by atoms with Crippen LogP contribution in [0.2, 0.25) is 0 Å². The SMILES string of the molecule is CC(C)(CCN)CNCc1ccc2c(c1)OCCO2. The van der Waals surface area contributed by atoms with Crippen LogP contribution in [0, 0.1) is 5.41 Å². The number of rotatable bonds is 6. The van der Waals surface area contributed by atoms with Crippen LogP contribution >= 0.6 is 0 Å². The lowest BCUT2D eigenvalue weighted by Gasteiger charge is -2.24. The minimum Gasteiger partial charge on any atom is -0.486 e. The van der Waals surface area contributed by atoms with Gasteiger partial charge in [-0.05, 0) is 36.1 Å². The predicted molar refractivity (Wildman–Crippen MR) is 76.6 cm³/mol. The Bertz CT molecular complexity index is 419. The number of hydrogen-bond acceptors (Lipinski definition) is 4. The van der Waals surface area contributed by atoms with Crippen LogP contribution in [0.5, 0.6) is 11.5 Å². The van der Waals surface area contributed by atoms with E-state index in [2.05, 4.69) is 31.3 Å². The third-order valence-corrected chi connectivity index (χ3v) is 3.36. The molecule has 2 rings (SSSR count). The van der Waals surface area contributed by atoms with Crippen LogP contribution in [-0.2, 0) is 6.54 Å². The van der Waals surface area contributed by atoms with Crippen molar-refractivity contribution in [2.75, 3.05) is 26.3 Å². The average Bonchev–Trinajstić information content (AvgIpc) is 2.38. The molecule has 0 saturated carbocycles. The lowest BCUT2D eigenvalue weighted by atomic mass is 9.89. The lowest BCUT2D eigenvalue weighted by Crippen LogP contribution is -2.31. The van der Waals surface area contributed by atoms with Gasteiger partial charge in [0.05, 0.1) is 0 Å². The Balaban J connectivity index is 1.86. The third kappa shape index (κ3) is 4.11. The molecule has 1 heterocycles. The Hall–Kier alpha value is -1.26. The standard InChI is InChI=1S/C15H24N2O2/c1-15(2,5-6-16)11-17-10-12-3-4-13-14(9-12)19-8-7-18-13/h3-4,9,17H,5-8,10-11,16H2,1-2H3. The van der Waals surface area contributed by atoms with Crippen molar-refractivity contribution in [1.29, 1.82) is 0 Å². The summed E-state index contributed by atoms with van der Waals surface area (Å²) in [5.74, 6) is 1.70. The van der Waals surface area contributed by atoms with E-state index in [1.807, 2.05) is 6.07 Å². The van der Waals surface area contributed by atoms with E-state index in [4.69, 9.17) is 15.2 Å². The first-order chi connectivity index (χ1) is 9.11. The van der Waals surface area contributed by atoms with Crippen LogP contribution in [0.15, 0.2) is 18.2 Å². The molecule has 0 aromatic heterocycles. The Kier molecular flexibility index (Phi) is 4.66. The molecule has 106 valence electrons. The minimum atomic E-state index is 0.239. The molecular formula is C15H24N2O2. The summed E-state index contributed by atoms with van der Waals surface area (Å²) >= 11 is 0. The van der Waals surface area contributed by atoms with Crippen LogP contribution in [0.4, 0.5) is 0 Å². The van der Waals surface area contributed by atoms with Gasteiger partial charge in [0.25, 0.3) is 0 Å². The molecular weight excluding hydrogens is 240 g/mol. The first-order valence-corrected chi connectivity index (χ1v) is 6.90. The number of hydrogen-bond donors (Lipinski definition) is 2. The van der Waals surface area contributed by atoms with Crippen LogP contribution < -0.4 is 20.5 Å². The first-order valence-electron chi connectivity index (χ1n) is 6.90. The second kappa shape index (κ2) is 6.26. The molecule has 0 unspecified atom stereocenters. The zero-order valence-electron chi connectivity index (χ0n) is 11.9. The van der Waals surface area contributed by atoms with Crippen molar-refractivity contribution in [2.24, 2.45) is 11.1 Å². The molecule has 4 nitrogen and oxygen atoms in total. The van der Waals surface area contributed by atoms with E-state index in [0.29, 0.717) is 13.2 Å². The van der Waals surface area contributed by atoms with Crippen molar-refractivity contribution in [3.05, 3.63) is 23.8 Å². The lowest BCUT2D eigenvalue weighted by molar-refractivity contribution is 0.171. The number of nitrogens with one attached hydrogen (secondary N) is 1. The number of benzene rings is 1. The van der Waals surface area contributed by atoms with Crippen LogP contribution in [0.3, 0.4) is 0 Å². The average molecular weight is 264 g/mol. The van der Waals surface area contributed by atoms with Crippen LogP contribution in [0.1, 0.15) is 25.8 Å². The highest BCUT2D eigenvalue weighted by Crippen LogP contribution is 2.30. The van der Waals surface area contributed by atoms with Gasteiger partial charge in [0.15, 0.2) is 11.5 Å². The van der Waals surface area contributed by atoms with Gasteiger partial charge in [-0.25, -0.2) is 0 Å². The van der Waals surface area contributed by atoms with E-state index in [1.54, 1.807) is 0 Å². The molecule has 1 aromatic carbocycles. The van der Waals surface area contributed by atoms with Gasteiger partial charge in [-0.15, -0.1) is 0 Å². The highest BCUT2D eigenvalue weighted by atomic mass is 16.6. The van der Waals surface area contributed by atoms with Gasteiger partial charge in [0, 0.05) is 13.1 Å². The second-order valence-corrected chi connectivity index (χ2v) is 5.78. The summed E-state index contributed by atoms with van der Waals surface area (Å²) in [6.07, 6.45) is 1.03. The molecule has 0 amide bonds. The normalized spacial score (nSPS) is 14.5. The maximum Gasteiger partial charge on any atom is 0.161 e. The maximum atomic E-state index is 5.62. The van der Waals surface area contributed by atoms with E-state index < -0.39 is 0 Å². The Morgan fingerprint density at radius 3 is 2.68 bits per heavy atom. The van der Waals surface area contributed by atoms with E-state index in [9.17, 15) is 0 Å². The monoisotopic (exact) mass is 264 g/mol. The molecule has 4 heteroatoms. The van der Waals surface area contributed by atoms with Gasteiger partial charge < -0.3 is 20.5 Å². The number of ether oxygens (including phenoxy) is 2. The van der Waals surface area contributed by atoms with Crippen molar-refractivity contribution < 1.29 is 9.47 Å². The van der Waals surface area contributed by atoms with Crippen molar-refractivity contribution in [3.8, 4) is 11.5 Å². The fourth-order valence-corrected chi connectivity index (χ4v) is 2.22. The Labute approximate surface area is 115 Å².